The van der Waals surface area contributed by atoms with Crippen LogP contribution in [0.5, 0.6) is 0 Å². The van der Waals surface area contributed by atoms with Crippen LogP contribution < -0.4 is 5.32 Å². The zero-order valence-corrected chi connectivity index (χ0v) is 13.7. The van der Waals surface area contributed by atoms with E-state index >= 15 is 0 Å². The quantitative estimate of drug-likeness (QED) is 0.864. The van der Waals surface area contributed by atoms with Crippen molar-refractivity contribution in [2.75, 3.05) is 11.9 Å². The molecule has 0 spiro atoms. The molecule has 1 aromatic heterocycles. The van der Waals surface area contributed by atoms with Crippen molar-refractivity contribution in [1.29, 1.82) is 0 Å². The molecule has 1 N–H and O–H groups in total. The van der Waals surface area contributed by atoms with Gasteiger partial charge in [-0.1, -0.05) is 32.9 Å². The summed E-state index contributed by atoms with van der Waals surface area (Å²) >= 11 is 0. The van der Waals surface area contributed by atoms with E-state index in [2.05, 4.69) is 55.8 Å². The summed E-state index contributed by atoms with van der Waals surface area (Å²) in [5, 5.41) is 3.59. The van der Waals surface area contributed by atoms with Gasteiger partial charge in [0.1, 0.15) is 0 Å². The number of rotatable bonds is 4. The van der Waals surface area contributed by atoms with Crippen LogP contribution in [0.2, 0.25) is 0 Å². The van der Waals surface area contributed by atoms with Crippen molar-refractivity contribution in [3.63, 3.8) is 0 Å². The number of nitrogens with one attached hydrogen (secondary N) is 1. The maximum absolute atomic E-state index is 4.85. The molecule has 1 aromatic carbocycles. The Kier molecular flexibility index (Phi) is 3.68. The number of hydrogen-bond donors (Lipinski definition) is 1. The van der Waals surface area contributed by atoms with Crippen LogP contribution in [0.15, 0.2) is 18.2 Å². The van der Waals surface area contributed by atoms with Gasteiger partial charge in [0.15, 0.2) is 0 Å². The fourth-order valence-electron chi connectivity index (χ4n) is 3.00. The molecular formula is C18H27N3. The van der Waals surface area contributed by atoms with Gasteiger partial charge in [-0.2, -0.15) is 0 Å². The number of aryl methyl sites for hydroxylation is 1. The topological polar surface area (TPSA) is 29.9 Å². The lowest BCUT2D eigenvalue weighted by atomic mass is 9.92. The number of benzene rings is 1. The summed E-state index contributed by atoms with van der Waals surface area (Å²) in [5.41, 5.74) is 4.13. The highest BCUT2D eigenvalue weighted by Gasteiger charge is 2.25. The maximum atomic E-state index is 4.85. The average Bonchev–Trinajstić information content (AvgIpc) is 2.66. The Morgan fingerprint density at radius 1 is 1.29 bits per heavy atom. The molecule has 21 heavy (non-hydrogen) atoms. The van der Waals surface area contributed by atoms with E-state index < -0.39 is 0 Å². The molecule has 1 fully saturated rings. The Morgan fingerprint density at radius 3 is 2.67 bits per heavy atom. The van der Waals surface area contributed by atoms with Crippen molar-refractivity contribution in [2.24, 2.45) is 5.41 Å². The normalized spacial score (nSPS) is 16.2. The molecule has 0 amide bonds. The fourth-order valence-corrected chi connectivity index (χ4v) is 3.00. The standard InChI is InChI=1S/C18H27N3/c1-13-7-5-10-15-16(13)21(14-8-6-9-14)17(20-15)19-12-11-18(2,3)4/h5,7,10,14H,6,8-9,11-12H2,1-4H3,(H,19,20). The van der Waals surface area contributed by atoms with Gasteiger partial charge in [-0.05, 0) is 49.7 Å². The number of nitrogens with zero attached hydrogens (tertiary/aromatic N) is 2. The van der Waals surface area contributed by atoms with Crippen LogP contribution in [0.3, 0.4) is 0 Å². The van der Waals surface area contributed by atoms with Gasteiger partial charge in [-0.25, -0.2) is 4.98 Å². The van der Waals surface area contributed by atoms with Gasteiger partial charge in [0.25, 0.3) is 0 Å². The highest BCUT2D eigenvalue weighted by molar-refractivity contribution is 5.82. The fraction of sp³-hybridized carbons (Fsp3) is 0.611. The molecule has 0 radical (unpaired) electrons. The Bertz CT molecular complexity index is 630. The van der Waals surface area contributed by atoms with Crippen LogP contribution in [0.1, 0.15) is 58.1 Å². The van der Waals surface area contributed by atoms with Crippen LogP contribution in [-0.2, 0) is 0 Å². The number of anilines is 1. The van der Waals surface area contributed by atoms with E-state index in [0.717, 1.165) is 24.4 Å². The molecule has 114 valence electrons. The summed E-state index contributed by atoms with van der Waals surface area (Å²) in [4.78, 5) is 4.85. The third kappa shape index (κ3) is 2.92. The molecule has 0 bridgehead atoms. The molecule has 0 unspecified atom stereocenters. The lowest BCUT2D eigenvalue weighted by Crippen LogP contribution is -2.21. The summed E-state index contributed by atoms with van der Waals surface area (Å²) in [7, 11) is 0. The van der Waals surface area contributed by atoms with E-state index in [0.29, 0.717) is 11.5 Å². The summed E-state index contributed by atoms with van der Waals surface area (Å²) in [6.07, 6.45) is 5.07. The zero-order valence-electron chi connectivity index (χ0n) is 13.7. The minimum Gasteiger partial charge on any atom is -0.356 e. The monoisotopic (exact) mass is 285 g/mol. The SMILES string of the molecule is Cc1cccc2nc(NCCC(C)(C)C)n(C3CCC3)c12. The summed E-state index contributed by atoms with van der Waals surface area (Å²) in [6.45, 7) is 10.0. The Hall–Kier alpha value is -1.51. The maximum Gasteiger partial charge on any atom is 0.204 e. The summed E-state index contributed by atoms with van der Waals surface area (Å²) in [5.74, 6) is 1.06. The van der Waals surface area contributed by atoms with Gasteiger partial charge in [-0.3, -0.25) is 0 Å². The van der Waals surface area contributed by atoms with Gasteiger partial charge < -0.3 is 9.88 Å². The van der Waals surface area contributed by atoms with Crippen LogP contribution >= 0.6 is 0 Å². The predicted octanol–water partition coefficient (Wildman–Crippen LogP) is 4.92. The molecule has 0 saturated heterocycles. The van der Waals surface area contributed by atoms with Gasteiger partial charge in [-0.15, -0.1) is 0 Å². The van der Waals surface area contributed by atoms with E-state index in [4.69, 9.17) is 4.98 Å². The minimum atomic E-state index is 0.357. The summed E-state index contributed by atoms with van der Waals surface area (Å²) < 4.78 is 2.46. The van der Waals surface area contributed by atoms with E-state index in [1.807, 2.05) is 0 Å². The van der Waals surface area contributed by atoms with E-state index in [-0.39, 0.29) is 0 Å². The molecular weight excluding hydrogens is 258 g/mol. The highest BCUT2D eigenvalue weighted by Crippen LogP contribution is 2.38. The Morgan fingerprint density at radius 2 is 2.05 bits per heavy atom. The van der Waals surface area contributed by atoms with Crippen LogP contribution in [0.4, 0.5) is 5.95 Å². The molecule has 1 aliphatic carbocycles. The smallest absolute Gasteiger partial charge is 0.204 e. The van der Waals surface area contributed by atoms with Crippen molar-refractivity contribution in [2.45, 2.75) is 59.4 Å². The van der Waals surface area contributed by atoms with Gasteiger partial charge >= 0.3 is 0 Å². The largest absolute Gasteiger partial charge is 0.356 e. The highest BCUT2D eigenvalue weighted by atomic mass is 15.2. The van der Waals surface area contributed by atoms with Crippen molar-refractivity contribution in [1.82, 2.24) is 9.55 Å². The molecule has 3 rings (SSSR count). The van der Waals surface area contributed by atoms with Crippen LogP contribution in [0, 0.1) is 12.3 Å². The second-order valence-electron chi connectivity index (χ2n) is 7.57. The van der Waals surface area contributed by atoms with Crippen LogP contribution in [0.25, 0.3) is 11.0 Å². The first-order chi connectivity index (χ1) is 9.96. The van der Waals surface area contributed by atoms with Crippen molar-refractivity contribution in [3.05, 3.63) is 23.8 Å². The van der Waals surface area contributed by atoms with Crippen molar-refractivity contribution >= 4 is 17.0 Å². The van der Waals surface area contributed by atoms with E-state index in [1.54, 1.807) is 0 Å². The zero-order chi connectivity index (χ0) is 15.0. The molecule has 1 aliphatic rings. The molecule has 1 saturated carbocycles. The first-order valence-electron chi connectivity index (χ1n) is 8.17. The lowest BCUT2D eigenvalue weighted by Gasteiger charge is -2.30. The Balaban J connectivity index is 1.91. The third-order valence-corrected chi connectivity index (χ3v) is 4.51. The minimum absolute atomic E-state index is 0.357. The van der Waals surface area contributed by atoms with Crippen LogP contribution in [-0.4, -0.2) is 16.1 Å². The van der Waals surface area contributed by atoms with Gasteiger partial charge in [0.05, 0.1) is 11.0 Å². The molecule has 0 aliphatic heterocycles. The lowest BCUT2D eigenvalue weighted by molar-refractivity contribution is 0.322. The molecule has 2 aromatic rings. The van der Waals surface area contributed by atoms with E-state index in [9.17, 15) is 0 Å². The number of para-hydroxylation sites is 1. The summed E-state index contributed by atoms with van der Waals surface area (Å²) in [6, 6.07) is 7.06. The average molecular weight is 285 g/mol. The molecule has 0 atom stereocenters. The number of fused-ring (bicyclic) bond motifs is 1. The number of imidazole rings is 1. The third-order valence-electron chi connectivity index (χ3n) is 4.51. The second kappa shape index (κ2) is 5.36. The molecule has 3 nitrogen and oxygen atoms in total. The van der Waals surface area contributed by atoms with Crippen molar-refractivity contribution in [3.8, 4) is 0 Å². The predicted molar refractivity (Wildman–Crippen MR) is 89.9 cm³/mol. The van der Waals surface area contributed by atoms with Crippen molar-refractivity contribution < 1.29 is 0 Å². The first kappa shape index (κ1) is 14.4. The molecule has 1 heterocycles. The van der Waals surface area contributed by atoms with Gasteiger partial charge in [0.2, 0.25) is 5.95 Å². The Labute approximate surface area is 127 Å². The molecule has 3 heteroatoms. The number of aromatic nitrogens is 2. The van der Waals surface area contributed by atoms with E-state index in [1.165, 1.54) is 30.3 Å². The second-order valence-corrected chi connectivity index (χ2v) is 7.57. The number of hydrogen-bond acceptors (Lipinski definition) is 2. The van der Waals surface area contributed by atoms with Gasteiger partial charge in [0, 0.05) is 12.6 Å². The first-order valence-corrected chi connectivity index (χ1v) is 8.17.